The maximum atomic E-state index is 6.11. The molecule has 0 atom stereocenters. The third-order valence-corrected chi connectivity index (χ3v) is 4.63. The molecule has 1 N–H and O–H groups in total. The van der Waals surface area contributed by atoms with Crippen molar-refractivity contribution in [2.75, 3.05) is 39.6 Å². The highest BCUT2D eigenvalue weighted by molar-refractivity contribution is 5.71. The van der Waals surface area contributed by atoms with Crippen LogP contribution in [0, 0.1) is 0 Å². The molecular weight excluding hydrogens is 300 g/mol. The van der Waals surface area contributed by atoms with Crippen LogP contribution in [0.15, 0.2) is 42.5 Å². The summed E-state index contributed by atoms with van der Waals surface area (Å²) in [6, 6.07) is 14.5. The molecule has 0 aromatic heterocycles. The number of rotatable bonds is 5. The van der Waals surface area contributed by atoms with Gasteiger partial charge in [-0.25, -0.2) is 0 Å². The number of hydrogen-bond donors (Lipinski definition) is 1. The van der Waals surface area contributed by atoms with Gasteiger partial charge < -0.3 is 19.7 Å². The smallest absolute Gasteiger partial charge is 0.142 e. The maximum Gasteiger partial charge on any atom is 0.142 e. The summed E-state index contributed by atoms with van der Waals surface area (Å²) in [7, 11) is 5.75. The van der Waals surface area contributed by atoms with Crippen LogP contribution in [-0.4, -0.2) is 45.3 Å². The van der Waals surface area contributed by atoms with Gasteiger partial charge in [-0.2, -0.15) is 0 Å². The van der Waals surface area contributed by atoms with Gasteiger partial charge in [-0.05, 0) is 55.3 Å². The quantitative estimate of drug-likeness (QED) is 0.904. The first-order valence-electron chi connectivity index (χ1n) is 8.51. The predicted octanol–water partition coefficient (Wildman–Crippen LogP) is 3.88. The SMILES string of the molecule is CNc1ccc(-c2ccc(OC3CCN(C)CC3)cc2)cc1OC. The molecule has 2 aromatic carbocycles. The molecule has 0 radical (unpaired) electrons. The Morgan fingerprint density at radius 3 is 2.29 bits per heavy atom. The van der Waals surface area contributed by atoms with Gasteiger partial charge in [0.2, 0.25) is 0 Å². The molecule has 128 valence electrons. The number of nitrogens with one attached hydrogen (secondary N) is 1. The van der Waals surface area contributed by atoms with Crippen LogP contribution in [0.1, 0.15) is 12.8 Å². The van der Waals surface area contributed by atoms with Crippen molar-refractivity contribution >= 4 is 5.69 Å². The van der Waals surface area contributed by atoms with Crippen molar-refractivity contribution in [2.45, 2.75) is 18.9 Å². The van der Waals surface area contributed by atoms with Crippen molar-refractivity contribution in [1.82, 2.24) is 4.90 Å². The third-order valence-electron chi connectivity index (χ3n) is 4.63. The summed E-state index contributed by atoms with van der Waals surface area (Å²) in [6.45, 7) is 2.22. The first-order chi connectivity index (χ1) is 11.7. The maximum absolute atomic E-state index is 6.11. The molecule has 3 rings (SSSR count). The Labute approximate surface area is 144 Å². The Kier molecular flexibility index (Phi) is 5.26. The van der Waals surface area contributed by atoms with Crippen molar-refractivity contribution in [3.63, 3.8) is 0 Å². The average Bonchev–Trinajstić information content (AvgIpc) is 2.63. The molecule has 4 heteroatoms. The minimum absolute atomic E-state index is 0.335. The number of ether oxygens (including phenoxy) is 2. The molecule has 0 spiro atoms. The van der Waals surface area contributed by atoms with E-state index in [1.54, 1.807) is 7.11 Å². The van der Waals surface area contributed by atoms with E-state index in [9.17, 15) is 0 Å². The van der Waals surface area contributed by atoms with Crippen LogP contribution in [0.3, 0.4) is 0 Å². The molecule has 1 aliphatic heterocycles. The predicted molar refractivity (Wildman–Crippen MR) is 99.1 cm³/mol. The van der Waals surface area contributed by atoms with Crippen molar-refractivity contribution in [3.8, 4) is 22.6 Å². The van der Waals surface area contributed by atoms with Gasteiger partial charge in [-0.3, -0.25) is 0 Å². The van der Waals surface area contributed by atoms with Crippen LogP contribution in [0.4, 0.5) is 5.69 Å². The van der Waals surface area contributed by atoms with Crippen LogP contribution >= 0.6 is 0 Å². The summed E-state index contributed by atoms with van der Waals surface area (Å²) >= 11 is 0. The normalized spacial score (nSPS) is 16.0. The third kappa shape index (κ3) is 3.82. The van der Waals surface area contributed by atoms with Crippen molar-refractivity contribution in [1.29, 1.82) is 0 Å². The van der Waals surface area contributed by atoms with E-state index in [2.05, 4.69) is 53.7 Å². The molecule has 0 amide bonds. The number of benzene rings is 2. The van der Waals surface area contributed by atoms with Gasteiger partial charge in [-0.15, -0.1) is 0 Å². The van der Waals surface area contributed by atoms with E-state index < -0.39 is 0 Å². The zero-order valence-corrected chi connectivity index (χ0v) is 14.7. The summed E-state index contributed by atoms with van der Waals surface area (Å²) in [5.41, 5.74) is 3.28. The Morgan fingerprint density at radius 2 is 1.67 bits per heavy atom. The van der Waals surface area contributed by atoms with Crippen LogP contribution in [0.2, 0.25) is 0 Å². The topological polar surface area (TPSA) is 33.7 Å². The first-order valence-corrected chi connectivity index (χ1v) is 8.51. The van der Waals surface area contributed by atoms with E-state index >= 15 is 0 Å². The van der Waals surface area contributed by atoms with Gasteiger partial charge in [-0.1, -0.05) is 18.2 Å². The number of methoxy groups -OCH3 is 1. The summed E-state index contributed by atoms with van der Waals surface area (Å²) < 4.78 is 11.6. The minimum atomic E-state index is 0.335. The molecule has 24 heavy (non-hydrogen) atoms. The van der Waals surface area contributed by atoms with E-state index in [0.717, 1.165) is 54.2 Å². The Bertz CT molecular complexity index is 662. The summed E-state index contributed by atoms with van der Waals surface area (Å²) in [5, 5.41) is 3.13. The first kappa shape index (κ1) is 16.7. The van der Waals surface area contributed by atoms with Crippen LogP contribution in [-0.2, 0) is 0 Å². The van der Waals surface area contributed by atoms with Crippen LogP contribution < -0.4 is 14.8 Å². The monoisotopic (exact) mass is 326 g/mol. The highest BCUT2D eigenvalue weighted by atomic mass is 16.5. The molecular formula is C20H26N2O2. The lowest BCUT2D eigenvalue weighted by atomic mass is 10.0. The second-order valence-electron chi connectivity index (χ2n) is 6.31. The average molecular weight is 326 g/mol. The lowest BCUT2D eigenvalue weighted by molar-refractivity contribution is 0.114. The lowest BCUT2D eigenvalue weighted by Crippen LogP contribution is -2.35. The highest BCUT2D eigenvalue weighted by Gasteiger charge is 2.17. The molecule has 0 unspecified atom stereocenters. The van der Waals surface area contributed by atoms with E-state index in [-0.39, 0.29) is 0 Å². The molecule has 0 bridgehead atoms. The van der Waals surface area contributed by atoms with Crippen molar-refractivity contribution < 1.29 is 9.47 Å². The fraction of sp³-hybridized carbons (Fsp3) is 0.400. The molecule has 1 saturated heterocycles. The number of nitrogens with zero attached hydrogens (tertiary/aromatic N) is 1. The fourth-order valence-corrected chi connectivity index (χ4v) is 3.10. The molecule has 2 aromatic rings. The standard InChI is InChI=1S/C20H26N2O2/c1-21-19-9-6-16(14-20(19)23-3)15-4-7-17(8-5-15)24-18-10-12-22(2)13-11-18/h4-9,14,18,21H,10-13H2,1-3H3. The molecule has 0 aliphatic carbocycles. The van der Waals surface area contributed by atoms with Gasteiger partial charge in [0.15, 0.2) is 0 Å². The van der Waals surface area contributed by atoms with E-state index in [4.69, 9.17) is 9.47 Å². The van der Waals surface area contributed by atoms with Gasteiger partial charge in [0.1, 0.15) is 17.6 Å². The highest BCUT2D eigenvalue weighted by Crippen LogP contribution is 2.31. The number of likely N-dealkylation sites (tertiary alicyclic amines) is 1. The molecule has 4 nitrogen and oxygen atoms in total. The van der Waals surface area contributed by atoms with Gasteiger partial charge in [0.25, 0.3) is 0 Å². The van der Waals surface area contributed by atoms with Crippen LogP contribution in [0.5, 0.6) is 11.5 Å². The summed E-state index contributed by atoms with van der Waals surface area (Å²) in [5.74, 6) is 1.80. The van der Waals surface area contributed by atoms with E-state index in [1.807, 2.05) is 13.1 Å². The van der Waals surface area contributed by atoms with E-state index in [0.29, 0.717) is 6.10 Å². The number of anilines is 1. The molecule has 1 aliphatic rings. The van der Waals surface area contributed by atoms with Gasteiger partial charge in [0.05, 0.1) is 12.8 Å². The zero-order valence-electron chi connectivity index (χ0n) is 14.7. The minimum Gasteiger partial charge on any atom is -0.495 e. The van der Waals surface area contributed by atoms with Crippen molar-refractivity contribution in [3.05, 3.63) is 42.5 Å². The molecule has 1 fully saturated rings. The van der Waals surface area contributed by atoms with Gasteiger partial charge in [0, 0.05) is 20.1 Å². The summed E-state index contributed by atoms with van der Waals surface area (Å²) in [4.78, 5) is 2.35. The number of piperidine rings is 1. The Hall–Kier alpha value is -2.20. The van der Waals surface area contributed by atoms with Crippen LogP contribution in [0.25, 0.3) is 11.1 Å². The largest absolute Gasteiger partial charge is 0.495 e. The van der Waals surface area contributed by atoms with Crippen molar-refractivity contribution in [2.24, 2.45) is 0 Å². The second kappa shape index (κ2) is 7.58. The Morgan fingerprint density at radius 1 is 1.00 bits per heavy atom. The van der Waals surface area contributed by atoms with E-state index in [1.165, 1.54) is 0 Å². The lowest BCUT2D eigenvalue weighted by Gasteiger charge is -2.29. The molecule has 1 heterocycles. The zero-order chi connectivity index (χ0) is 16.9. The Balaban J connectivity index is 1.70. The second-order valence-corrected chi connectivity index (χ2v) is 6.31. The molecule has 0 saturated carbocycles. The fourth-order valence-electron chi connectivity index (χ4n) is 3.10. The van der Waals surface area contributed by atoms with Gasteiger partial charge >= 0.3 is 0 Å². The number of hydrogen-bond acceptors (Lipinski definition) is 4. The summed E-state index contributed by atoms with van der Waals surface area (Å²) in [6.07, 6.45) is 2.53.